The molecule has 6 heteroatoms. The van der Waals surface area contributed by atoms with Gasteiger partial charge in [-0.15, -0.1) is 0 Å². The Balaban J connectivity index is 2.26. The topological polar surface area (TPSA) is 70.2 Å². The normalized spacial score (nSPS) is 10.4. The van der Waals surface area contributed by atoms with Crippen molar-refractivity contribution in [1.29, 1.82) is 0 Å². The minimum Gasteiger partial charge on any atom is -0.460 e. The van der Waals surface area contributed by atoms with Gasteiger partial charge in [-0.25, -0.2) is 9.78 Å². The van der Waals surface area contributed by atoms with E-state index in [0.717, 1.165) is 0 Å². The van der Waals surface area contributed by atoms with Gasteiger partial charge in [-0.1, -0.05) is 5.16 Å². The summed E-state index contributed by atoms with van der Waals surface area (Å²) in [6.45, 7) is 2.03. The van der Waals surface area contributed by atoms with Crippen molar-refractivity contribution >= 4 is 5.97 Å². The summed E-state index contributed by atoms with van der Waals surface area (Å²) in [6.07, 6.45) is 3.43. The minimum absolute atomic E-state index is 0.0832. The Hall–Kier alpha value is -2.11. The first-order valence-electron chi connectivity index (χ1n) is 4.84. The van der Waals surface area contributed by atoms with Crippen LogP contribution in [-0.2, 0) is 11.8 Å². The molecule has 0 bridgehead atoms. The van der Waals surface area contributed by atoms with Gasteiger partial charge in [0.1, 0.15) is 5.69 Å². The second kappa shape index (κ2) is 4.18. The number of carbonyl (C=O) groups is 1. The third kappa shape index (κ3) is 1.81. The zero-order valence-electron chi connectivity index (χ0n) is 9.01. The number of nitrogens with zero attached hydrogens (tertiary/aromatic N) is 3. The maximum absolute atomic E-state index is 11.3. The molecule has 0 fully saturated rings. The van der Waals surface area contributed by atoms with Gasteiger partial charge in [0.15, 0.2) is 5.82 Å². The molecule has 0 aliphatic heterocycles. The maximum Gasteiger partial charge on any atom is 0.377 e. The third-order valence-corrected chi connectivity index (χ3v) is 2.04. The summed E-state index contributed by atoms with van der Waals surface area (Å²) in [5.74, 6) is 0.203. The lowest BCUT2D eigenvalue weighted by molar-refractivity contribution is 0.0480. The molecule has 0 aromatic carbocycles. The second-order valence-electron chi connectivity index (χ2n) is 3.16. The fourth-order valence-corrected chi connectivity index (χ4v) is 1.29. The van der Waals surface area contributed by atoms with Crippen LogP contribution in [0.25, 0.3) is 11.5 Å². The van der Waals surface area contributed by atoms with E-state index in [1.807, 2.05) is 7.05 Å². The highest BCUT2D eigenvalue weighted by atomic mass is 16.6. The van der Waals surface area contributed by atoms with Crippen LogP contribution in [0.2, 0.25) is 0 Å². The van der Waals surface area contributed by atoms with E-state index in [0.29, 0.717) is 18.1 Å². The van der Waals surface area contributed by atoms with Crippen molar-refractivity contribution in [3.8, 4) is 11.5 Å². The van der Waals surface area contributed by atoms with Crippen molar-refractivity contribution in [1.82, 2.24) is 14.7 Å². The third-order valence-electron chi connectivity index (χ3n) is 2.04. The van der Waals surface area contributed by atoms with Gasteiger partial charge in [-0.05, 0) is 6.92 Å². The lowest BCUT2D eigenvalue weighted by atomic mass is 10.3. The molecule has 0 amide bonds. The van der Waals surface area contributed by atoms with Crippen LogP contribution < -0.4 is 0 Å². The van der Waals surface area contributed by atoms with Crippen molar-refractivity contribution in [2.45, 2.75) is 6.92 Å². The molecule has 0 saturated carbocycles. The summed E-state index contributed by atoms with van der Waals surface area (Å²) in [6, 6.07) is 1.51. The zero-order chi connectivity index (χ0) is 11.5. The van der Waals surface area contributed by atoms with Crippen molar-refractivity contribution in [3.05, 3.63) is 24.2 Å². The molecular weight excluding hydrogens is 210 g/mol. The highest BCUT2D eigenvalue weighted by Crippen LogP contribution is 2.16. The van der Waals surface area contributed by atoms with Gasteiger partial charge in [0.25, 0.3) is 0 Å². The highest BCUT2D eigenvalue weighted by molar-refractivity contribution is 5.87. The Morgan fingerprint density at radius 2 is 2.44 bits per heavy atom. The number of hydrogen-bond acceptors (Lipinski definition) is 5. The van der Waals surface area contributed by atoms with Crippen LogP contribution in [0.1, 0.15) is 17.5 Å². The Labute approximate surface area is 91.8 Å². The van der Waals surface area contributed by atoms with Gasteiger partial charge in [0, 0.05) is 25.5 Å². The monoisotopic (exact) mass is 221 g/mol. The van der Waals surface area contributed by atoms with E-state index in [1.165, 1.54) is 6.07 Å². The first-order valence-corrected chi connectivity index (χ1v) is 4.84. The molecule has 0 atom stereocenters. The predicted molar refractivity (Wildman–Crippen MR) is 54.7 cm³/mol. The van der Waals surface area contributed by atoms with Crippen molar-refractivity contribution in [3.63, 3.8) is 0 Å². The van der Waals surface area contributed by atoms with Gasteiger partial charge in [-0.2, -0.15) is 0 Å². The Morgan fingerprint density at radius 3 is 3.06 bits per heavy atom. The van der Waals surface area contributed by atoms with Crippen LogP contribution in [0.5, 0.6) is 0 Å². The van der Waals surface area contributed by atoms with Crippen LogP contribution >= 0.6 is 0 Å². The summed E-state index contributed by atoms with van der Waals surface area (Å²) >= 11 is 0. The van der Waals surface area contributed by atoms with E-state index >= 15 is 0 Å². The predicted octanol–water partition coefficient (Wildman–Crippen LogP) is 1.25. The summed E-state index contributed by atoms with van der Waals surface area (Å²) in [4.78, 5) is 15.4. The van der Waals surface area contributed by atoms with Crippen molar-refractivity contribution in [2.75, 3.05) is 6.61 Å². The second-order valence-corrected chi connectivity index (χ2v) is 3.16. The standard InChI is InChI=1S/C10H11N3O3/c1-3-15-10(14)8-6-7(12-16-8)9-11-4-5-13(9)2/h4-6H,3H2,1-2H3. The Kier molecular flexibility index (Phi) is 2.72. The number of aromatic nitrogens is 3. The Bertz CT molecular complexity index is 501. The van der Waals surface area contributed by atoms with Gasteiger partial charge < -0.3 is 13.8 Å². The average molecular weight is 221 g/mol. The van der Waals surface area contributed by atoms with Crippen molar-refractivity contribution < 1.29 is 14.1 Å². The summed E-state index contributed by atoms with van der Waals surface area (Å²) < 4.78 is 11.5. The molecule has 2 aromatic heterocycles. The Morgan fingerprint density at radius 1 is 1.62 bits per heavy atom. The number of esters is 1. The largest absolute Gasteiger partial charge is 0.460 e. The molecule has 0 saturated heterocycles. The van der Waals surface area contributed by atoms with Crippen molar-refractivity contribution in [2.24, 2.45) is 7.05 Å². The van der Waals surface area contributed by atoms with Crippen LogP contribution in [0.3, 0.4) is 0 Å². The molecule has 0 aliphatic carbocycles. The number of hydrogen-bond donors (Lipinski definition) is 0. The smallest absolute Gasteiger partial charge is 0.377 e. The SMILES string of the molecule is CCOC(=O)c1cc(-c2nccn2C)no1. The van der Waals surface area contributed by atoms with Crippen LogP contribution in [0, 0.1) is 0 Å². The minimum atomic E-state index is -0.518. The average Bonchev–Trinajstić information content (AvgIpc) is 2.86. The number of ether oxygens (including phenoxy) is 1. The molecule has 2 rings (SSSR count). The molecule has 0 N–H and O–H groups in total. The number of aryl methyl sites for hydroxylation is 1. The maximum atomic E-state index is 11.3. The summed E-state index contributed by atoms with van der Waals surface area (Å²) in [5, 5.41) is 3.76. The van der Waals surface area contributed by atoms with E-state index in [9.17, 15) is 4.79 Å². The number of rotatable bonds is 3. The number of imidazole rings is 1. The molecule has 0 spiro atoms. The fourth-order valence-electron chi connectivity index (χ4n) is 1.29. The van der Waals surface area contributed by atoms with Crippen LogP contribution in [0.4, 0.5) is 0 Å². The fraction of sp³-hybridized carbons (Fsp3) is 0.300. The van der Waals surface area contributed by atoms with E-state index < -0.39 is 5.97 Å². The lowest BCUT2D eigenvalue weighted by Crippen LogP contribution is -2.02. The van der Waals surface area contributed by atoms with Gasteiger partial charge in [0.2, 0.25) is 5.76 Å². The van der Waals surface area contributed by atoms with E-state index in [-0.39, 0.29) is 5.76 Å². The van der Waals surface area contributed by atoms with Gasteiger partial charge >= 0.3 is 5.97 Å². The molecule has 6 nitrogen and oxygen atoms in total. The van der Waals surface area contributed by atoms with Gasteiger partial charge in [-0.3, -0.25) is 0 Å². The highest BCUT2D eigenvalue weighted by Gasteiger charge is 2.16. The lowest BCUT2D eigenvalue weighted by Gasteiger charge is -1.95. The summed E-state index contributed by atoms with van der Waals surface area (Å²) in [7, 11) is 1.83. The molecule has 16 heavy (non-hydrogen) atoms. The van der Waals surface area contributed by atoms with Crippen LogP contribution in [-0.4, -0.2) is 27.3 Å². The van der Waals surface area contributed by atoms with Crippen LogP contribution in [0.15, 0.2) is 23.0 Å². The molecule has 0 radical (unpaired) electrons. The quantitative estimate of drug-likeness (QED) is 0.729. The molecule has 0 aliphatic rings. The summed E-state index contributed by atoms with van der Waals surface area (Å²) in [5.41, 5.74) is 0.510. The molecule has 2 aromatic rings. The van der Waals surface area contributed by atoms with E-state index in [1.54, 1.807) is 23.9 Å². The zero-order valence-corrected chi connectivity index (χ0v) is 9.01. The van der Waals surface area contributed by atoms with E-state index in [4.69, 9.17) is 9.26 Å². The number of carbonyl (C=O) groups excluding carboxylic acids is 1. The molecule has 0 unspecified atom stereocenters. The van der Waals surface area contributed by atoms with E-state index in [2.05, 4.69) is 10.1 Å². The molecule has 84 valence electrons. The molecular formula is C10H11N3O3. The first kappa shape index (κ1) is 10.4. The molecule has 2 heterocycles. The first-order chi connectivity index (χ1) is 7.72. The van der Waals surface area contributed by atoms with Gasteiger partial charge in [0.05, 0.1) is 6.61 Å².